The molecule has 0 aromatic rings. The summed E-state index contributed by atoms with van der Waals surface area (Å²) >= 11 is 0. The smallest absolute Gasteiger partial charge is 0.319 e. The molecule has 57 valence electrons. The SMILES string of the molecule is NCC(=O)OC1C[CH]CC1. The van der Waals surface area contributed by atoms with Crippen LogP contribution in [0, 0.1) is 6.42 Å². The van der Waals surface area contributed by atoms with Gasteiger partial charge < -0.3 is 10.5 Å². The van der Waals surface area contributed by atoms with Gasteiger partial charge in [0.15, 0.2) is 0 Å². The molecule has 1 rings (SSSR count). The maximum absolute atomic E-state index is 10.6. The Morgan fingerprint density at radius 1 is 1.80 bits per heavy atom. The predicted molar refractivity (Wildman–Crippen MR) is 37.1 cm³/mol. The molecule has 2 N–H and O–H groups in total. The van der Waals surface area contributed by atoms with Crippen molar-refractivity contribution in [1.82, 2.24) is 0 Å². The fourth-order valence-corrected chi connectivity index (χ4v) is 1.07. The standard InChI is InChI=1S/C7H12NO2/c8-5-7(9)10-6-3-1-2-4-6/h1,6H,2-5,8H2. The van der Waals surface area contributed by atoms with Crippen LogP contribution >= 0.6 is 0 Å². The summed E-state index contributed by atoms with van der Waals surface area (Å²) in [5.41, 5.74) is 5.07. The second-order valence-electron chi connectivity index (χ2n) is 2.42. The average Bonchev–Trinajstić information content (AvgIpc) is 2.40. The summed E-state index contributed by atoms with van der Waals surface area (Å²) in [6.07, 6.45) is 5.16. The van der Waals surface area contributed by atoms with Crippen LogP contribution < -0.4 is 5.73 Å². The number of hydrogen-bond donors (Lipinski definition) is 1. The van der Waals surface area contributed by atoms with Gasteiger partial charge in [0.1, 0.15) is 6.10 Å². The Morgan fingerprint density at radius 2 is 2.60 bits per heavy atom. The zero-order valence-electron chi connectivity index (χ0n) is 5.88. The molecule has 3 heteroatoms. The number of carbonyl (C=O) groups excluding carboxylic acids is 1. The van der Waals surface area contributed by atoms with Crippen LogP contribution in [0.3, 0.4) is 0 Å². The topological polar surface area (TPSA) is 52.3 Å². The Balaban J connectivity index is 2.17. The van der Waals surface area contributed by atoms with E-state index in [0.717, 1.165) is 19.3 Å². The lowest BCUT2D eigenvalue weighted by atomic mass is 10.3. The molecule has 1 saturated carbocycles. The number of hydrogen-bond acceptors (Lipinski definition) is 3. The molecule has 0 amide bonds. The minimum Gasteiger partial charge on any atom is -0.461 e. The highest BCUT2D eigenvalue weighted by Gasteiger charge is 2.18. The number of nitrogens with two attached hydrogens (primary N) is 1. The molecule has 3 nitrogen and oxygen atoms in total. The van der Waals surface area contributed by atoms with Crippen molar-refractivity contribution in [2.75, 3.05) is 6.54 Å². The molecular weight excluding hydrogens is 130 g/mol. The normalized spacial score (nSPS) is 19.3. The summed E-state index contributed by atoms with van der Waals surface area (Å²) in [5, 5.41) is 0. The van der Waals surface area contributed by atoms with E-state index in [9.17, 15) is 4.79 Å². The van der Waals surface area contributed by atoms with E-state index in [1.54, 1.807) is 0 Å². The van der Waals surface area contributed by atoms with Crippen molar-refractivity contribution in [2.45, 2.75) is 25.4 Å². The summed E-state index contributed by atoms with van der Waals surface area (Å²) in [6.45, 7) is -0.00347. The highest BCUT2D eigenvalue weighted by atomic mass is 16.5. The largest absolute Gasteiger partial charge is 0.461 e. The summed E-state index contributed by atoms with van der Waals surface area (Å²) in [5.74, 6) is -0.291. The molecule has 1 atom stereocenters. The van der Waals surface area contributed by atoms with E-state index in [4.69, 9.17) is 10.5 Å². The molecule has 0 heterocycles. The van der Waals surface area contributed by atoms with E-state index in [1.807, 2.05) is 0 Å². The van der Waals surface area contributed by atoms with E-state index in [2.05, 4.69) is 6.42 Å². The van der Waals surface area contributed by atoms with E-state index >= 15 is 0 Å². The van der Waals surface area contributed by atoms with Crippen LogP contribution in [0.15, 0.2) is 0 Å². The minimum absolute atomic E-state index is 0.00347. The number of rotatable bonds is 2. The number of ether oxygens (including phenoxy) is 1. The third kappa shape index (κ3) is 1.99. The molecule has 1 radical (unpaired) electrons. The molecule has 0 aromatic carbocycles. The summed E-state index contributed by atoms with van der Waals surface area (Å²) < 4.78 is 4.97. The van der Waals surface area contributed by atoms with E-state index in [-0.39, 0.29) is 18.6 Å². The van der Waals surface area contributed by atoms with Gasteiger partial charge >= 0.3 is 5.97 Å². The van der Waals surface area contributed by atoms with Crippen molar-refractivity contribution >= 4 is 5.97 Å². The molecule has 10 heavy (non-hydrogen) atoms. The number of carbonyl (C=O) groups is 1. The third-order valence-electron chi connectivity index (χ3n) is 1.59. The molecule has 0 spiro atoms. The highest BCUT2D eigenvalue weighted by Crippen LogP contribution is 2.19. The minimum atomic E-state index is -0.291. The van der Waals surface area contributed by atoms with Gasteiger partial charge in [-0.3, -0.25) is 4.79 Å². The quantitative estimate of drug-likeness (QED) is 0.562. The molecule has 0 aromatic heterocycles. The molecule has 0 bridgehead atoms. The van der Waals surface area contributed by atoms with E-state index in [0.29, 0.717) is 0 Å². The van der Waals surface area contributed by atoms with Gasteiger partial charge in [-0.05, 0) is 25.7 Å². The molecular formula is C7H12NO2. The Morgan fingerprint density at radius 3 is 3.10 bits per heavy atom. The van der Waals surface area contributed by atoms with Gasteiger partial charge in [-0.25, -0.2) is 0 Å². The van der Waals surface area contributed by atoms with Crippen molar-refractivity contribution in [3.05, 3.63) is 6.42 Å². The lowest BCUT2D eigenvalue weighted by Crippen LogP contribution is -2.21. The first kappa shape index (κ1) is 7.54. The van der Waals surface area contributed by atoms with Crippen molar-refractivity contribution in [3.8, 4) is 0 Å². The second kappa shape index (κ2) is 3.56. The van der Waals surface area contributed by atoms with Gasteiger partial charge in [-0.2, -0.15) is 0 Å². The lowest BCUT2D eigenvalue weighted by Gasteiger charge is -2.08. The van der Waals surface area contributed by atoms with Crippen molar-refractivity contribution < 1.29 is 9.53 Å². The van der Waals surface area contributed by atoms with Crippen molar-refractivity contribution in [3.63, 3.8) is 0 Å². The van der Waals surface area contributed by atoms with Crippen LogP contribution in [0.25, 0.3) is 0 Å². The third-order valence-corrected chi connectivity index (χ3v) is 1.59. The second-order valence-corrected chi connectivity index (χ2v) is 2.42. The van der Waals surface area contributed by atoms with Crippen molar-refractivity contribution in [1.29, 1.82) is 0 Å². The fraction of sp³-hybridized carbons (Fsp3) is 0.714. The Kier molecular flexibility index (Phi) is 2.68. The molecule has 1 fully saturated rings. The maximum atomic E-state index is 10.6. The van der Waals surface area contributed by atoms with Gasteiger partial charge in [0, 0.05) is 0 Å². The molecule has 1 aliphatic rings. The molecule has 1 unspecified atom stereocenters. The zero-order valence-corrected chi connectivity index (χ0v) is 5.88. The summed E-state index contributed by atoms with van der Waals surface area (Å²) in [7, 11) is 0. The number of esters is 1. The first-order chi connectivity index (χ1) is 4.83. The first-order valence-electron chi connectivity index (χ1n) is 3.54. The lowest BCUT2D eigenvalue weighted by molar-refractivity contribution is -0.146. The van der Waals surface area contributed by atoms with Gasteiger partial charge in [0.2, 0.25) is 0 Å². The van der Waals surface area contributed by atoms with Gasteiger partial charge in [0.05, 0.1) is 6.54 Å². The van der Waals surface area contributed by atoms with Crippen LogP contribution in [0.2, 0.25) is 0 Å². The van der Waals surface area contributed by atoms with E-state index in [1.165, 1.54) is 0 Å². The molecule has 0 aliphatic heterocycles. The van der Waals surface area contributed by atoms with Crippen LogP contribution in [0.5, 0.6) is 0 Å². The van der Waals surface area contributed by atoms with Crippen LogP contribution in [0.1, 0.15) is 19.3 Å². The van der Waals surface area contributed by atoms with Crippen LogP contribution in [-0.2, 0) is 9.53 Å². The fourth-order valence-electron chi connectivity index (χ4n) is 1.07. The maximum Gasteiger partial charge on any atom is 0.319 e. The monoisotopic (exact) mass is 142 g/mol. The van der Waals surface area contributed by atoms with Crippen LogP contribution in [0.4, 0.5) is 0 Å². The average molecular weight is 142 g/mol. The summed E-state index contributed by atoms with van der Waals surface area (Å²) in [6, 6.07) is 0. The van der Waals surface area contributed by atoms with E-state index < -0.39 is 0 Å². The summed E-state index contributed by atoms with van der Waals surface area (Å²) in [4.78, 5) is 10.6. The van der Waals surface area contributed by atoms with Crippen molar-refractivity contribution in [2.24, 2.45) is 5.73 Å². The van der Waals surface area contributed by atoms with Gasteiger partial charge in [0.25, 0.3) is 0 Å². The Hall–Kier alpha value is -0.570. The molecule has 1 aliphatic carbocycles. The zero-order chi connectivity index (χ0) is 7.40. The Bertz CT molecular complexity index is 119. The molecule has 0 saturated heterocycles. The van der Waals surface area contributed by atoms with Gasteiger partial charge in [-0.15, -0.1) is 0 Å². The first-order valence-corrected chi connectivity index (χ1v) is 3.54. The van der Waals surface area contributed by atoms with Crippen LogP contribution in [-0.4, -0.2) is 18.6 Å². The predicted octanol–water partition coefficient (Wildman–Crippen LogP) is 0.245. The highest BCUT2D eigenvalue weighted by molar-refractivity contribution is 5.71. The Labute approximate surface area is 60.5 Å². The van der Waals surface area contributed by atoms with Gasteiger partial charge in [-0.1, -0.05) is 0 Å².